The molecule has 2 aliphatic rings. The lowest BCUT2D eigenvalue weighted by Crippen LogP contribution is -2.31. The summed E-state index contributed by atoms with van der Waals surface area (Å²) in [6.07, 6.45) is 2.65. The third kappa shape index (κ3) is 3.12. The Balaban J connectivity index is 1.49. The van der Waals surface area contributed by atoms with Crippen LogP contribution >= 0.6 is 11.6 Å². The number of fused-ring (bicyclic) bond motifs is 1. The molecule has 1 saturated carbocycles. The summed E-state index contributed by atoms with van der Waals surface area (Å²) < 4.78 is 13.5. The summed E-state index contributed by atoms with van der Waals surface area (Å²) in [5.74, 6) is 0.714. The molecule has 0 spiro atoms. The first-order valence-electron chi connectivity index (χ1n) is 10.5. The standard InChI is InChI=1S/C22H20ClN5O4/c23-13-6-11(7-15-19(13)32-22(24)27-15)20-26-14-8-12(25-17(21(29)30)10-2-3-10)9-16-18(14)28(20)4-1-5-31-16/h6-10,17,25H,1-5H2,(H2,24,27)(H,29,30)/t17-/m0/s1. The van der Waals surface area contributed by atoms with Gasteiger partial charge in [-0.15, -0.1) is 0 Å². The van der Waals surface area contributed by atoms with E-state index in [2.05, 4.69) is 14.9 Å². The number of hydrogen-bond acceptors (Lipinski definition) is 7. The highest BCUT2D eigenvalue weighted by Crippen LogP contribution is 2.39. The second-order valence-electron chi connectivity index (χ2n) is 8.29. The number of aliphatic carboxylic acids is 1. The number of aromatic nitrogens is 3. The van der Waals surface area contributed by atoms with Gasteiger partial charge >= 0.3 is 5.97 Å². The maximum atomic E-state index is 11.7. The fourth-order valence-corrected chi connectivity index (χ4v) is 4.65. The highest BCUT2D eigenvalue weighted by atomic mass is 35.5. The van der Waals surface area contributed by atoms with Gasteiger partial charge < -0.3 is 29.9 Å². The van der Waals surface area contributed by atoms with E-state index in [4.69, 9.17) is 31.5 Å². The number of imidazole rings is 1. The van der Waals surface area contributed by atoms with E-state index in [-0.39, 0.29) is 11.9 Å². The van der Waals surface area contributed by atoms with E-state index in [0.717, 1.165) is 48.2 Å². The van der Waals surface area contributed by atoms with Crippen molar-refractivity contribution < 1.29 is 19.1 Å². The molecule has 164 valence electrons. The largest absolute Gasteiger partial charge is 0.491 e. The van der Waals surface area contributed by atoms with Crippen LogP contribution in [0.3, 0.4) is 0 Å². The molecule has 3 heterocycles. The average molecular weight is 454 g/mol. The first-order chi connectivity index (χ1) is 15.5. The van der Waals surface area contributed by atoms with Crippen molar-refractivity contribution in [2.24, 2.45) is 5.92 Å². The number of nitrogens with one attached hydrogen (secondary N) is 1. The van der Waals surface area contributed by atoms with E-state index < -0.39 is 12.0 Å². The molecule has 0 bridgehead atoms. The first-order valence-corrected chi connectivity index (χ1v) is 10.9. The zero-order valence-electron chi connectivity index (χ0n) is 17.0. The zero-order chi connectivity index (χ0) is 22.0. The summed E-state index contributed by atoms with van der Waals surface area (Å²) in [5, 5.41) is 13.2. The summed E-state index contributed by atoms with van der Waals surface area (Å²) in [4.78, 5) is 20.8. The molecule has 1 atom stereocenters. The van der Waals surface area contributed by atoms with E-state index in [1.807, 2.05) is 18.2 Å². The molecule has 1 aliphatic carbocycles. The smallest absolute Gasteiger partial charge is 0.326 e. The minimum Gasteiger partial charge on any atom is -0.491 e. The normalized spacial score (nSPS) is 16.7. The van der Waals surface area contributed by atoms with Crippen molar-refractivity contribution in [3.8, 4) is 17.1 Å². The molecule has 0 radical (unpaired) electrons. The lowest BCUT2D eigenvalue weighted by atomic mass is 10.1. The average Bonchev–Trinajstić information content (AvgIpc) is 3.46. The third-order valence-electron chi connectivity index (χ3n) is 5.99. The molecule has 32 heavy (non-hydrogen) atoms. The van der Waals surface area contributed by atoms with Gasteiger partial charge in [0.2, 0.25) is 0 Å². The number of nitrogens with zero attached hydrogens (tertiary/aromatic N) is 3. The minimum atomic E-state index is -0.847. The SMILES string of the molecule is Nc1nc2cc(-c3nc4cc(N[C@H](C(=O)O)C5CC5)cc5c4n3CCCO5)cc(Cl)c2o1. The molecule has 1 aliphatic heterocycles. The first kappa shape index (κ1) is 19.2. The van der Waals surface area contributed by atoms with Crippen molar-refractivity contribution >= 4 is 51.4 Å². The molecule has 2 aromatic heterocycles. The predicted octanol–water partition coefficient (Wildman–Crippen LogP) is 4.14. The molecule has 9 nitrogen and oxygen atoms in total. The molecule has 10 heteroatoms. The molecule has 1 fully saturated rings. The zero-order valence-corrected chi connectivity index (χ0v) is 17.7. The van der Waals surface area contributed by atoms with Gasteiger partial charge in [0.15, 0.2) is 5.58 Å². The number of aryl methyl sites for hydroxylation is 1. The Bertz CT molecular complexity index is 1390. The number of nitrogen functional groups attached to an aromatic ring is 1. The molecule has 4 aromatic rings. The highest BCUT2D eigenvalue weighted by Gasteiger charge is 2.36. The van der Waals surface area contributed by atoms with Crippen LogP contribution in [0.4, 0.5) is 11.7 Å². The molecule has 6 rings (SSSR count). The fourth-order valence-electron chi connectivity index (χ4n) is 4.39. The van der Waals surface area contributed by atoms with Crippen molar-refractivity contribution in [1.82, 2.24) is 14.5 Å². The van der Waals surface area contributed by atoms with Crippen molar-refractivity contribution in [2.45, 2.75) is 31.8 Å². The van der Waals surface area contributed by atoms with Gasteiger partial charge in [-0.1, -0.05) is 11.6 Å². The van der Waals surface area contributed by atoms with Gasteiger partial charge in [0, 0.05) is 23.9 Å². The van der Waals surface area contributed by atoms with Crippen LogP contribution in [-0.4, -0.2) is 38.3 Å². The lowest BCUT2D eigenvalue weighted by Gasteiger charge is -2.16. The second-order valence-corrected chi connectivity index (χ2v) is 8.69. The number of rotatable bonds is 5. The van der Waals surface area contributed by atoms with Crippen LogP contribution in [0.5, 0.6) is 5.75 Å². The third-order valence-corrected chi connectivity index (χ3v) is 6.27. The van der Waals surface area contributed by atoms with Crippen molar-refractivity contribution in [3.05, 3.63) is 29.3 Å². The van der Waals surface area contributed by atoms with Gasteiger partial charge in [-0.05, 0) is 43.4 Å². The Labute approximate surface area is 187 Å². The number of nitrogens with two attached hydrogens (primary N) is 1. The van der Waals surface area contributed by atoms with Crippen LogP contribution in [-0.2, 0) is 11.3 Å². The number of carboxylic acid groups (broad SMARTS) is 1. The van der Waals surface area contributed by atoms with Crippen LogP contribution in [0.1, 0.15) is 19.3 Å². The Morgan fingerprint density at radius 3 is 2.88 bits per heavy atom. The number of ether oxygens (including phenoxy) is 1. The van der Waals surface area contributed by atoms with Gasteiger partial charge in [-0.2, -0.15) is 4.98 Å². The monoisotopic (exact) mass is 453 g/mol. The lowest BCUT2D eigenvalue weighted by molar-refractivity contribution is -0.138. The number of oxazole rings is 1. The number of hydrogen-bond donors (Lipinski definition) is 3. The van der Waals surface area contributed by atoms with E-state index in [1.165, 1.54) is 0 Å². The number of anilines is 2. The van der Waals surface area contributed by atoms with Crippen LogP contribution in [0.25, 0.3) is 33.5 Å². The summed E-state index contributed by atoms with van der Waals surface area (Å²) >= 11 is 6.43. The van der Waals surface area contributed by atoms with Gasteiger partial charge in [0.05, 0.1) is 17.1 Å². The van der Waals surface area contributed by atoms with E-state index in [1.54, 1.807) is 6.07 Å². The fraction of sp³-hybridized carbons (Fsp3) is 0.318. The van der Waals surface area contributed by atoms with Crippen LogP contribution in [0.2, 0.25) is 5.02 Å². The second kappa shape index (κ2) is 7.03. The predicted molar refractivity (Wildman–Crippen MR) is 120 cm³/mol. The van der Waals surface area contributed by atoms with Gasteiger partial charge in [-0.25, -0.2) is 9.78 Å². The van der Waals surface area contributed by atoms with E-state index >= 15 is 0 Å². The molecular weight excluding hydrogens is 434 g/mol. The van der Waals surface area contributed by atoms with E-state index in [0.29, 0.717) is 34.2 Å². The Morgan fingerprint density at radius 2 is 2.09 bits per heavy atom. The maximum absolute atomic E-state index is 11.7. The maximum Gasteiger partial charge on any atom is 0.326 e. The summed E-state index contributed by atoms with van der Waals surface area (Å²) in [7, 11) is 0. The summed E-state index contributed by atoms with van der Waals surface area (Å²) in [6, 6.07) is 6.82. The number of benzene rings is 2. The minimum absolute atomic E-state index is 0.0560. The number of carboxylic acids is 1. The Morgan fingerprint density at radius 1 is 1.25 bits per heavy atom. The summed E-state index contributed by atoms with van der Waals surface area (Å²) in [6.45, 7) is 1.28. The Hall–Kier alpha value is -3.46. The van der Waals surface area contributed by atoms with Crippen molar-refractivity contribution in [3.63, 3.8) is 0 Å². The van der Waals surface area contributed by atoms with Gasteiger partial charge in [-0.3, -0.25) is 0 Å². The van der Waals surface area contributed by atoms with Crippen LogP contribution in [0, 0.1) is 5.92 Å². The van der Waals surface area contributed by atoms with Gasteiger partial charge in [0.25, 0.3) is 6.01 Å². The molecule has 0 saturated heterocycles. The Kier molecular flexibility index (Phi) is 4.23. The number of halogens is 1. The highest BCUT2D eigenvalue weighted by molar-refractivity contribution is 6.35. The quantitative estimate of drug-likeness (QED) is 0.411. The molecule has 0 unspecified atom stereocenters. The van der Waals surface area contributed by atoms with Gasteiger partial charge in [0.1, 0.15) is 28.6 Å². The van der Waals surface area contributed by atoms with Crippen molar-refractivity contribution in [2.75, 3.05) is 17.7 Å². The van der Waals surface area contributed by atoms with Crippen LogP contribution < -0.4 is 15.8 Å². The summed E-state index contributed by atoms with van der Waals surface area (Å²) in [5.41, 5.74) is 9.76. The molecule has 4 N–H and O–H groups in total. The molecule has 0 amide bonds. The topological polar surface area (TPSA) is 128 Å². The number of carbonyl (C=O) groups is 1. The van der Waals surface area contributed by atoms with Crippen molar-refractivity contribution in [1.29, 1.82) is 0 Å². The van der Waals surface area contributed by atoms with Crippen LogP contribution in [0.15, 0.2) is 28.7 Å². The van der Waals surface area contributed by atoms with E-state index in [9.17, 15) is 9.90 Å². The molecule has 2 aromatic carbocycles. The molecular formula is C22H20ClN5O4.